The van der Waals surface area contributed by atoms with Crippen molar-refractivity contribution in [3.8, 4) is 0 Å². The van der Waals surface area contributed by atoms with Crippen molar-refractivity contribution in [2.24, 2.45) is 0 Å². The number of rotatable bonds is 1. The topological polar surface area (TPSA) is 23.5 Å². The maximum Gasteiger partial charge on any atom is 0.0872 e. The van der Waals surface area contributed by atoms with Crippen LogP contribution >= 0.6 is 12.4 Å². The van der Waals surface area contributed by atoms with Gasteiger partial charge < -0.3 is 5.11 Å². The van der Waals surface area contributed by atoms with Crippen LogP contribution in [0.5, 0.6) is 0 Å². The van der Waals surface area contributed by atoms with E-state index in [0.29, 0.717) is 6.33 Å². The largest absolute Gasteiger partial charge is 0.394 e. The number of halogens is 2. The number of aliphatic hydroxyl groups excluding tert-OH is 1. The van der Waals surface area contributed by atoms with Crippen LogP contribution in [-0.4, -0.2) is 35.2 Å². The molecule has 2 heterocycles. The van der Waals surface area contributed by atoms with Gasteiger partial charge in [-0.05, 0) is 31.4 Å². The molecular weight excluding hydrogens is 193 g/mol. The summed E-state index contributed by atoms with van der Waals surface area (Å²) in [7, 11) is 0. The highest BCUT2D eigenvalue weighted by Gasteiger charge is 2.45. The highest BCUT2D eigenvalue weighted by atomic mass is 35.5. The molecule has 0 aromatic heterocycles. The zero-order valence-corrected chi connectivity index (χ0v) is 8.32. The van der Waals surface area contributed by atoms with Crippen molar-refractivity contribution in [2.75, 3.05) is 19.7 Å². The van der Waals surface area contributed by atoms with Crippen molar-refractivity contribution < 1.29 is 9.50 Å². The normalized spacial score (nSPS) is 36.3. The van der Waals surface area contributed by atoms with E-state index in [1.165, 1.54) is 0 Å². The number of fused-ring (bicyclic) bond motifs is 1. The molecule has 0 bridgehead atoms. The van der Waals surface area contributed by atoms with Gasteiger partial charge in [-0.3, -0.25) is 4.90 Å². The van der Waals surface area contributed by atoms with Crippen LogP contribution in [0.4, 0.5) is 4.39 Å². The second-order valence-corrected chi connectivity index (χ2v) is 3.85. The Kier molecular flexibility index (Phi) is 3.33. The van der Waals surface area contributed by atoms with Crippen molar-refractivity contribution in [1.82, 2.24) is 4.90 Å². The average molecular weight is 208 g/mol. The van der Waals surface area contributed by atoms with Gasteiger partial charge in [-0.1, -0.05) is 0 Å². The molecule has 0 aromatic rings. The SMILES string of the molecule is Cl.OCC12CCCN1CC(=CF)C2. The van der Waals surface area contributed by atoms with Crippen LogP contribution < -0.4 is 0 Å². The lowest BCUT2D eigenvalue weighted by Crippen LogP contribution is -2.41. The molecule has 0 aliphatic carbocycles. The van der Waals surface area contributed by atoms with Gasteiger partial charge in [0.05, 0.1) is 12.9 Å². The fraction of sp³-hybridized carbons (Fsp3) is 0.778. The fourth-order valence-corrected chi connectivity index (χ4v) is 2.47. The predicted octanol–water partition coefficient (Wildman–Crippen LogP) is 1.49. The molecule has 2 aliphatic heterocycles. The Balaban J connectivity index is 0.000000845. The van der Waals surface area contributed by atoms with Crippen LogP contribution in [0.1, 0.15) is 19.3 Å². The van der Waals surface area contributed by atoms with E-state index in [1.54, 1.807) is 0 Å². The summed E-state index contributed by atoms with van der Waals surface area (Å²) in [6, 6.07) is 0. The lowest BCUT2D eigenvalue weighted by Gasteiger charge is -2.28. The van der Waals surface area contributed by atoms with Crippen molar-refractivity contribution in [2.45, 2.75) is 24.8 Å². The molecule has 0 radical (unpaired) electrons. The second-order valence-electron chi connectivity index (χ2n) is 3.85. The van der Waals surface area contributed by atoms with Crippen molar-refractivity contribution >= 4 is 12.4 Å². The molecule has 1 atom stereocenters. The molecule has 2 saturated heterocycles. The first-order valence-corrected chi connectivity index (χ1v) is 4.45. The molecule has 0 saturated carbocycles. The molecule has 76 valence electrons. The zero-order chi connectivity index (χ0) is 8.60. The van der Waals surface area contributed by atoms with Crippen molar-refractivity contribution in [3.63, 3.8) is 0 Å². The van der Waals surface area contributed by atoms with E-state index < -0.39 is 0 Å². The first-order chi connectivity index (χ1) is 5.80. The first-order valence-electron chi connectivity index (χ1n) is 4.45. The van der Waals surface area contributed by atoms with E-state index >= 15 is 0 Å². The smallest absolute Gasteiger partial charge is 0.0872 e. The molecule has 0 spiro atoms. The maximum atomic E-state index is 12.2. The summed E-state index contributed by atoms with van der Waals surface area (Å²) in [5.74, 6) is 0. The molecular formula is C9H15ClFNO. The molecule has 2 rings (SSSR count). The minimum atomic E-state index is -0.0993. The third-order valence-electron chi connectivity index (χ3n) is 3.14. The standard InChI is InChI=1S/C9H14FNO.ClH/c10-5-8-4-9(7-12)2-1-3-11(9)6-8;/h5,12H,1-4,6-7H2;1H. The molecule has 2 nitrogen and oxygen atoms in total. The Morgan fingerprint density at radius 3 is 2.92 bits per heavy atom. The summed E-state index contributed by atoms with van der Waals surface area (Å²) in [6.07, 6.45) is 3.58. The average Bonchev–Trinajstić information content (AvgIpc) is 2.58. The van der Waals surface area contributed by atoms with Crippen LogP contribution in [0, 0.1) is 0 Å². The van der Waals surface area contributed by atoms with Crippen molar-refractivity contribution in [3.05, 3.63) is 11.9 Å². The van der Waals surface area contributed by atoms with Crippen LogP contribution in [0.25, 0.3) is 0 Å². The summed E-state index contributed by atoms with van der Waals surface area (Å²) >= 11 is 0. The summed E-state index contributed by atoms with van der Waals surface area (Å²) in [4.78, 5) is 2.21. The van der Waals surface area contributed by atoms with Gasteiger partial charge in [0.1, 0.15) is 0 Å². The molecule has 13 heavy (non-hydrogen) atoms. The molecule has 2 aliphatic rings. The highest BCUT2D eigenvalue weighted by Crippen LogP contribution is 2.40. The van der Waals surface area contributed by atoms with Gasteiger partial charge in [0, 0.05) is 12.1 Å². The van der Waals surface area contributed by atoms with E-state index in [9.17, 15) is 9.50 Å². The van der Waals surface area contributed by atoms with E-state index in [1.807, 2.05) is 0 Å². The predicted molar refractivity (Wildman–Crippen MR) is 51.7 cm³/mol. The van der Waals surface area contributed by atoms with Gasteiger partial charge >= 0.3 is 0 Å². The molecule has 0 amide bonds. The Labute approximate surface area is 83.8 Å². The van der Waals surface area contributed by atoms with E-state index in [0.717, 1.165) is 37.9 Å². The quantitative estimate of drug-likeness (QED) is 0.705. The highest BCUT2D eigenvalue weighted by molar-refractivity contribution is 5.85. The number of nitrogens with zero attached hydrogens (tertiary/aromatic N) is 1. The summed E-state index contributed by atoms with van der Waals surface area (Å²) in [6.45, 7) is 1.90. The van der Waals surface area contributed by atoms with Gasteiger partial charge in [-0.2, -0.15) is 0 Å². The minimum absolute atomic E-state index is 0. The van der Waals surface area contributed by atoms with Gasteiger partial charge in [0.25, 0.3) is 0 Å². The second kappa shape index (κ2) is 3.95. The van der Waals surface area contributed by atoms with Gasteiger partial charge in [0.2, 0.25) is 0 Å². The molecule has 0 aromatic carbocycles. The fourth-order valence-electron chi connectivity index (χ4n) is 2.47. The molecule has 4 heteroatoms. The van der Waals surface area contributed by atoms with E-state index in [2.05, 4.69) is 4.90 Å². The number of hydrogen-bond donors (Lipinski definition) is 1. The third-order valence-corrected chi connectivity index (χ3v) is 3.14. The Hall–Kier alpha value is -0.120. The lowest BCUT2D eigenvalue weighted by atomic mass is 9.94. The van der Waals surface area contributed by atoms with E-state index in [4.69, 9.17) is 0 Å². The zero-order valence-electron chi connectivity index (χ0n) is 7.50. The Morgan fingerprint density at radius 2 is 2.38 bits per heavy atom. The van der Waals surface area contributed by atoms with Gasteiger partial charge in [0.15, 0.2) is 0 Å². The van der Waals surface area contributed by atoms with Crippen molar-refractivity contribution in [1.29, 1.82) is 0 Å². The Morgan fingerprint density at radius 1 is 1.62 bits per heavy atom. The van der Waals surface area contributed by atoms with Crippen LogP contribution in [0.15, 0.2) is 11.9 Å². The van der Waals surface area contributed by atoms with Crippen LogP contribution in [0.2, 0.25) is 0 Å². The maximum absolute atomic E-state index is 12.2. The third kappa shape index (κ3) is 1.60. The van der Waals surface area contributed by atoms with Gasteiger partial charge in [-0.25, -0.2) is 4.39 Å². The van der Waals surface area contributed by atoms with Crippen LogP contribution in [0.3, 0.4) is 0 Å². The van der Waals surface area contributed by atoms with Crippen LogP contribution in [-0.2, 0) is 0 Å². The lowest BCUT2D eigenvalue weighted by molar-refractivity contribution is 0.1000. The van der Waals surface area contributed by atoms with E-state index in [-0.39, 0.29) is 24.6 Å². The molecule has 2 fully saturated rings. The molecule has 1 N–H and O–H groups in total. The summed E-state index contributed by atoms with van der Waals surface area (Å²) < 4.78 is 12.2. The number of hydrogen-bond acceptors (Lipinski definition) is 2. The van der Waals surface area contributed by atoms with Gasteiger partial charge in [-0.15, -0.1) is 12.4 Å². The minimum Gasteiger partial charge on any atom is -0.394 e. The number of aliphatic hydroxyl groups is 1. The first kappa shape index (κ1) is 11.0. The Bertz CT molecular complexity index is 222. The summed E-state index contributed by atoms with van der Waals surface area (Å²) in [5, 5.41) is 9.25. The monoisotopic (exact) mass is 207 g/mol. The summed E-state index contributed by atoms with van der Waals surface area (Å²) in [5.41, 5.74) is 0.738. The molecule has 1 unspecified atom stereocenters.